The third-order valence-electron chi connectivity index (χ3n) is 1.52. The van der Waals surface area contributed by atoms with Gasteiger partial charge in [0.1, 0.15) is 0 Å². The predicted octanol–water partition coefficient (Wildman–Crippen LogP) is 2.77. The van der Waals surface area contributed by atoms with Crippen molar-refractivity contribution in [2.24, 2.45) is 15.6 Å². The van der Waals surface area contributed by atoms with Crippen molar-refractivity contribution in [1.82, 2.24) is 0 Å². The predicted molar refractivity (Wildman–Crippen MR) is 41.9 cm³/mol. The molecule has 0 aromatic carbocycles. The van der Waals surface area contributed by atoms with Crippen LogP contribution in [0.5, 0.6) is 0 Å². The molecule has 0 aromatic rings. The zero-order valence-electron chi connectivity index (χ0n) is 7.05. The van der Waals surface area contributed by atoms with Gasteiger partial charge in [0, 0.05) is 5.41 Å². The van der Waals surface area contributed by atoms with Gasteiger partial charge < -0.3 is 0 Å². The van der Waals surface area contributed by atoms with E-state index in [4.69, 9.17) is 0 Å². The molecule has 1 rings (SSSR count). The third kappa shape index (κ3) is 1.43. The molecule has 0 saturated heterocycles. The largest absolute Gasteiger partial charge is 0.182 e. The monoisotopic (exact) mass is 138 g/mol. The van der Waals surface area contributed by atoms with E-state index in [-0.39, 0.29) is 11.5 Å². The minimum atomic E-state index is 0.161. The lowest BCUT2D eigenvalue weighted by Crippen LogP contribution is -2.06. The van der Waals surface area contributed by atoms with Gasteiger partial charge in [0.25, 0.3) is 0 Å². The number of rotatable bonds is 0. The molecule has 0 fully saturated rings. The highest BCUT2D eigenvalue weighted by Gasteiger charge is 2.20. The Morgan fingerprint density at radius 1 is 1.40 bits per heavy atom. The van der Waals surface area contributed by atoms with E-state index in [0.717, 1.165) is 5.70 Å². The Morgan fingerprint density at radius 3 is 2.20 bits per heavy atom. The third-order valence-corrected chi connectivity index (χ3v) is 1.52. The fraction of sp³-hybridized carbons (Fsp3) is 0.750. The summed E-state index contributed by atoms with van der Waals surface area (Å²) in [5.74, 6) is 0. The fourth-order valence-electron chi connectivity index (χ4n) is 0.848. The summed E-state index contributed by atoms with van der Waals surface area (Å²) in [7, 11) is 0. The van der Waals surface area contributed by atoms with Crippen LogP contribution in [0.2, 0.25) is 0 Å². The molecule has 0 unspecified atom stereocenters. The summed E-state index contributed by atoms with van der Waals surface area (Å²) in [4.78, 5) is 0. The van der Waals surface area contributed by atoms with Crippen molar-refractivity contribution in [3.63, 3.8) is 0 Å². The van der Waals surface area contributed by atoms with Gasteiger partial charge in [-0.15, -0.1) is 0 Å². The van der Waals surface area contributed by atoms with Crippen molar-refractivity contribution < 1.29 is 0 Å². The SMILES string of the molecule is C[C@@H]1C=C(C(C)(C)C)N=N1. The zero-order chi connectivity index (χ0) is 7.78. The first-order valence-corrected chi connectivity index (χ1v) is 3.63. The highest BCUT2D eigenvalue weighted by molar-refractivity contribution is 5.14. The van der Waals surface area contributed by atoms with E-state index in [1.54, 1.807) is 0 Å². The van der Waals surface area contributed by atoms with Gasteiger partial charge in [-0.2, -0.15) is 10.2 Å². The Labute approximate surface area is 62.0 Å². The first kappa shape index (κ1) is 7.45. The van der Waals surface area contributed by atoms with E-state index < -0.39 is 0 Å². The van der Waals surface area contributed by atoms with E-state index >= 15 is 0 Å². The maximum Gasteiger partial charge on any atom is 0.0886 e. The van der Waals surface area contributed by atoms with Gasteiger partial charge in [0.2, 0.25) is 0 Å². The van der Waals surface area contributed by atoms with E-state index in [2.05, 4.69) is 37.1 Å². The second-order valence-electron chi connectivity index (χ2n) is 3.76. The van der Waals surface area contributed by atoms with Gasteiger partial charge in [0.05, 0.1) is 11.7 Å². The molecule has 1 heterocycles. The summed E-state index contributed by atoms with van der Waals surface area (Å²) in [6.45, 7) is 8.49. The van der Waals surface area contributed by atoms with E-state index in [1.165, 1.54) is 0 Å². The highest BCUT2D eigenvalue weighted by atomic mass is 15.2. The van der Waals surface area contributed by atoms with Gasteiger partial charge in [0.15, 0.2) is 0 Å². The molecule has 0 aliphatic carbocycles. The topological polar surface area (TPSA) is 24.7 Å². The summed E-state index contributed by atoms with van der Waals surface area (Å²) in [5.41, 5.74) is 1.27. The molecular weight excluding hydrogens is 124 g/mol. The Kier molecular flexibility index (Phi) is 1.63. The molecule has 1 aliphatic heterocycles. The van der Waals surface area contributed by atoms with Crippen LogP contribution in [0.15, 0.2) is 22.0 Å². The van der Waals surface area contributed by atoms with Crippen LogP contribution in [0.25, 0.3) is 0 Å². The molecule has 1 aliphatic rings. The molecule has 0 radical (unpaired) electrons. The van der Waals surface area contributed by atoms with Crippen molar-refractivity contribution in [2.45, 2.75) is 33.7 Å². The van der Waals surface area contributed by atoms with Crippen molar-refractivity contribution in [3.05, 3.63) is 11.8 Å². The minimum Gasteiger partial charge on any atom is -0.182 e. The zero-order valence-corrected chi connectivity index (χ0v) is 7.05. The quantitative estimate of drug-likeness (QED) is 0.491. The molecule has 0 aromatic heterocycles. The minimum absolute atomic E-state index is 0.161. The summed E-state index contributed by atoms with van der Waals surface area (Å²) in [5, 5.41) is 8.09. The molecule has 10 heavy (non-hydrogen) atoms. The molecule has 2 nitrogen and oxygen atoms in total. The standard InChI is InChI=1S/C8H14N2/c1-6-5-7(10-9-6)8(2,3)4/h5-6H,1-4H3/t6-/m1/s1. The summed E-state index contributed by atoms with van der Waals surface area (Å²) >= 11 is 0. The molecule has 0 N–H and O–H groups in total. The van der Waals surface area contributed by atoms with Crippen LogP contribution in [-0.4, -0.2) is 6.04 Å². The smallest absolute Gasteiger partial charge is 0.0886 e. The van der Waals surface area contributed by atoms with Gasteiger partial charge in [-0.05, 0) is 13.0 Å². The summed E-state index contributed by atoms with van der Waals surface area (Å²) < 4.78 is 0. The molecule has 1 atom stereocenters. The average molecular weight is 138 g/mol. The van der Waals surface area contributed by atoms with Crippen LogP contribution in [-0.2, 0) is 0 Å². The Morgan fingerprint density at radius 2 is 2.00 bits per heavy atom. The molecule has 0 amide bonds. The van der Waals surface area contributed by atoms with Crippen molar-refractivity contribution in [3.8, 4) is 0 Å². The van der Waals surface area contributed by atoms with Crippen LogP contribution in [0.3, 0.4) is 0 Å². The molecule has 0 bridgehead atoms. The van der Waals surface area contributed by atoms with E-state index in [9.17, 15) is 0 Å². The van der Waals surface area contributed by atoms with Crippen LogP contribution in [0.4, 0.5) is 0 Å². The first-order valence-electron chi connectivity index (χ1n) is 3.63. The van der Waals surface area contributed by atoms with Crippen molar-refractivity contribution in [2.75, 3.05) is 0 Å². The number of hydrogen-bond acceptors (Lipinski definition) is 2. The van der Waals surface area contributed by atoms with Crippen molar-refractivity contribution >= 4 is 0 Å². The number of allylic oxidation sites excluding steroid dienone is 1. The second kappa shape index (κ2) is 2.19. The number of nitrogens with zero attached hydrogens (tertiary/aromatic N) is 2. The number of hydrogen-bond donors (Lipinski definition) is 0. The number of azo groups is 1. The van der Waals surface area contributed by atoms with Crippen LogP contribution in [0.1, 0.15) is 27.7 Å². The molecule has 0 saturated carbocycles. The van der Waals surface area contributed by atoms with Crippen LogP contribution >= 0.6 is 0 Å². The molecular formula is C8H14N2. The van der Waals surface area contributed by atoms with Crippen LogP contribution < -0.4 is 0 Å². The second-order valence-corrected chi connectivity index (χ2v) is 3.76. The van der Waals surface area contributed by atoms with E-state index in [1.807, 2.05) is 6.92 Å². The maximum absolute atomic E-state index is 4.07. The lowest BCUT2D eigenvalue weighted by Gasteiger charge is -2.15. The Hall–Kier alpha value is -0.660. The Bertz CT molecular complexity index is 184. The molecule has 56 valence electrons. The van der Waals surface area contributed by atoms with Gasteiger partial charge in [-0.3, -0.25) is 0 Å². The van der Waals surface area contributed by atoms with Crippen LogP contribution in [0, 0.1) is 5.41 Å². The highest BCUT2D eigenvalue weighted by Crippen LogP contribution is 2.30. The Balaban J connectivity index is 2.78. The van der Waals surface area contributed by atoms with Crippen molar-refractivity contribution in [1.29, 1.82) is 0 Å². The van der Waals surface area contributed by atoms with Gasteiger partial charge in [-0.1, -0.05) is 20.8 Å². The lowest BCUT2D eigenvalue weighted by molar-refractivity contribution is 0.497. The van der Waals surface area contributed by atoms with E-state index in [0.29, 0.717) is 0 Å². The molecule has 2 heteroatoms. The normalized spacial score (nSPS) is 25.2. The summed E-state index contributed by atoms with van der Waals surface area (Å²) in [6.07, 6.45) is 2.11. The lowest BCUT2D eigenvalue weighted by atomic mass is 9.92. The average Bonchev–Trinajstić information content (AvgIpc) is 2.11. The summed E-state index contributed by atoms with van der Waals surface area (Å²) in [6, 6.07) is 0.286. The fourth-order valence-corrected chi connectivity index (χ4v) is 0.848. The molecule has 0 spiro atoms. The first-order chi connectivity index (χ1) is 4.50. The van der Waals surface area contributed by atoms with Gasteiger partial charge >= 0.3 is 0 Å². The maximum atomic E-state index is 4.07. The van der Waals surface area contributed by atoms with Gasteiger partial charge in [-0.25, -0.2) is 0 Å².